The van der Waals surface area contributed by atoms with Gasteiger partial charge in [0, 0.05) is 35.9 Å². The fraction of sp³-hybridized carbons (Fsp3) is 0.241. The number of nitrogens with zero attached hydrogens (tertiary/aromatic N) is 2. The van der Waals surface area contributed by atoms with E-state index in [9.17, 15) is 4.79 Å². The minimum absolute atomic E-state index is 0.0511. The third kappa shape index (κ3) is 5.43. The van der Waals surface area contributed by atoms with Crippen molar-refractivity contribution in [3.63, 3.8) is 0 Å². The molecule has 0 aliphatic rings. The van der Waals surface area contributed by atoms with Crippen molar-refractivity contribution < 1.29 is 4.79 Å². The lowest BCUT2D eigenvalue weighted by Crippen LogP contribution is -2.34. The molecule has 1 heterocycles. The topological polar surface area (TPSA) is 57.3 Å². The first-order valence-corrected chi connectivity index (χ1v) is 11.9. The lowest BCUT2D eigenvalue weighted by Gasteiger charge is -2.18. The zero-order chi connectivity index (χ0) is 23.9. The van der Waals surface area contributed by atoms with Crippen LogP contribution in [0.5, 0.6) is 0 Å². The zero-order valence-electron chi connectivity index (χ0n) is 20.1. The number of hydrogen-bond donors (Lipinski definition) is 2. The molecule has 174 valence electrons. The molecule has 1 amide bonds. The molecule has 1 aromatic heterocycles. The lowest BCUT2D eigenvalue weighted by atomic mass is 9.98. The maximum Gasteiger partial charge on any atom is 0.251 e. The Morgan fingerprint density at radius 2 is 1.68 bits per heavy atom. The van der Waals surface area contributed by atoms with Gasteiger partial charge in [0.1, 0.15) is 5.82 Å². The van der Waals surface area contributed by atoms with Gasteiger partial charge >= 0.3 is 0 Å². The quantitative estimate of drug-likeness (QED) is 0.326. The largest absolute Gasteiger partial charge is 0.351 e. The number of rotatable bonds is 9. The van der Waals surface area contributed by atoms with Gasteiger partial charge in [-0.3, -0.25) is 4.79 Å². The number of carbonyl (C=O) groups is 1. The van der Waals surface area contributed by atoms with Crippen molar-refractivity contribution in [3.05, 3.63) is 90.1 Å². The van der Waals surface area contributed by atoms with Gasteiger partial charge in [-0.25, -0.2) is 4.98 Å². The summed E-state index contributed by atoms with van der Waals surface area (Å²) in [6.07, 6.45) is 1.83. The van der Waals surface area contributed by atoms with E-state index >= 15 is 0 Å². The molecule has 0 radical (unpaired) electrons. The summed E-state index contributed by atoms with van der Waals surface area (Å²) in [5.41, 5.74) is 5.15. The number of amides is 1. The third-order valence-corrected chi connectivity index (χ3v) is 6.15. The van der Waals surface area contributed by atoms with Crippen molar-refractivity contribution in [1.29, 1.82) is 0 Å². The van der Waals surface area contributed by atoms with Gasteiger partial charge in [-0.15, -0.1) is 0 Å². The minimum Gasteiger partial charge on any atom is -0.351 e. The average Bonchev–Trinajstić information content (AvgIpc) is 2.87. The number of likely N-dealkylation sites (N-methyl/N-ethyl adjacent to an activating group) is 1. The van der Waals surface area contributed by atoms with Crippen LogP contribution in [0.3, 0.4) is 0 Å². The molecule has 0 saturated heterocycles. The maximum atomic E-state index is 12.5. The second-order valence-corrected chi connectivity index (χ2v) is 8.41. The van der Waals surface area contributed by atoms with E-state index in [0.29, 0.717) is 12.1 Å². The van der Waals surface area contributed by atoms with Crippen molar-refractivity contribution in [1.82, 2.24) is 15.2 Å². The molecule has 0 aliphatic carbocycles. The molecular weight excluding hydrogens is 420 g/mol. The molecule has 0 spiro atoms. The van der Waals surface area contributed by atoms with Gasteiger partial charge in [0.2, 0.25) is 0 Å². The predicted octanol–water partition coefficient (Wildman–Crippen LogP) is 6.03. The summed E-state index contributed by atoms with van der Waals surface area (Å²) in [7, 11) is 0. The van der Waals surface area contributed by atoms with Gasteiger partial charge < -0.3 is 15.5 Å². The Balaban J connectivity index is 1.50. The van der Waals surface area contributed by atoms with Crippen LogP contribution in [0.4, 0.5) is 11.5 Å². The van der Waals surface area contributed by atoms with Crippen molar-refractivity contribution in [2.45, 2.75) is 20.8 Å². The number of anilines is 2. The van der Waals surface area contributed by atoms with Crippen LogP contribution in [-0.2, 0) is 0 Å². The van der Waals surface area contributed by atoms with E-state index in [2.05, 4.69) is 89.8 Å². The standard InChI is InChI=1S/C29H32N4O/c1-4-33(5-2)19-18-31-29(34)22-12-14-24(15-13-22)32-28-27-11-7-10-25(26(27)16-17-30-28)23-9-6-8-21(3)20-23/h6-17,20H,4-5,18-19H2,1-3H3,(H,30,32)(H,31,34). The molecule has 4 aromatic rings. The predicted molar refractivity (Wildman–Crippen MR) is 142 cm³/mol. The SMILES string of the molecule is CCN(CC)CCNC(=O)c1ccc(Nc2nccc3c(-c4cccc(C)c4)cccc23)cc1. The van der Waals surface area contributed by atoms with Crippen LogP contribution < -0.4 is 10.6 Å². The highest BCUT2D eigenvalue weighted by Gasteiger charge is 2.10. The van der Waals surface area contributed by atoms with Crippen LogP contribution in [0.1, 0.15) is 29.8 Å². The molecule has 0 fully saturated rings. The Morgan fingerprint density at radius 1 is 0.912 bits per heavy atom. The number of aryl methyl sites for hydroxylation is 1. The monoisotopic (exact) mass is 452 g/mol. The summed E-state index contributed by atoms with van der Waals surface area (Å²) in [4.78, 5) is 19.4. The van der Waals surface area contributed by atoms with Crippen molar-refractivity contribution in [3.8, 4) is 11.1 Å². The third-order valence-electron chi connectivity index (χ3n) is 6.15. The Labute approximate surface area is 201 Å². The van der Waals surface area contributed by atoms with E-state index in [1.807, 2.05) is 30.5 Å². The van der Waals surface area contributed by atoms with Crippen LogP contribution in [0.2, 0.25) is 0 Å². The highest BCUT2D eigenvalue weighted by atomic mass is 16.1. The fourth-order valence-electron chi connectivity index (χ4n) is 4.18. The van der Waals surface area contributed by atoms with Gasteiger partial charge in [-0.05, 0) is 66.9 Å². The molecule has 0 unspecified atom stereocenters. The summed E-state index contributed by atoms with van der Waals surface area (Å²) in [5.74, 6) is 0.744. The van der Waals surface area contributed by atoms with Gasteiger partial charge in [0.05, 0.1) is 0 Å². The molecule has 4 rings (SSSR count). The van der Waals surface area contributed by atoms with Crippen LogP contribution in [-0.4, -0.2) is 42.0 Å². The van der Waals surface area contributed by atoms with Gasteiger partial charge in [-0.1, -0.05) is 61.9 Å². The second kappa shape index (κ2) is 10.9. The number of benzene rings is 3. The van der Waals surface area contributed by atoms with Crippen LogP contribution >= 0.6 is 0 Å². The number of hydrogen-bond acceptors (Lipinski definition) is 4. The molecule has 0 saturated carbocycles. The van der Waals surface area contributed by atoms with Crippen molar-refractivity contribution >= 4 is 28.2 Å². The summed E-state index contributed by atoms with van der Waals surface area (Å²) >= 11 is 0. The number of aromatic nitrogens is 1. The Bertz CT molecular complexity index is 1260. The lowest BCUT2D eigenvalue weighted by molar-refractivity contribution is 0.0949. The Hall–Kier alpha value is -3.70. The van der Waals surface area contributed by atoms with Crippen LogP contribution in [0.25, 0.3) is 21.9 Å². The number of carbonyl (C=O) groups excluding carboxylic acids is 1. The molecule has 0 bridgehead atoms. The highest BCUT2D eigenvalue weighted by Crippen LogP contribution is 2.32. The fourth-order valence-corrected chi connectivity index (χ4v) is 4.18. The Kier molecular flexibility index (Phi) is 7.55. The van der Waals surface area contributed by atoms with E-state index in [0.717, 1.165) is 41.9 Å². The molecule has 5 nitrogen and oxygen atoms in total. The number of nitrogens with one attached hydrogen (secondary N) is 2. The normalized spacial score (nSPS) is 11.1. The first kappa shape index (κ1) is 23.5. The summed E-state index contributed by atoms with van der Waals surface area (Å²) in [6, 6.07) is 24.4. The smallest absolute Gasteiger partial charge is 0.251 e. The summed E-state index contributed by atoms with van der Waals surface area (Å²) in [6.45, 7) is 9.84. The van der Waals surface area contributed by atoms with Crippen molar-refractivity contribution in [2.75, 3.05) is 31.5 Å². The molecule has 34 heavy (non-hydrogen) atoms. The first-order valence-electron chi connectivity index (χ1n) is 11.9. The Morgan fingerprint density at radius 3 is 2.41 bits per heavy atom. The van der Waals surface area contributed by atoms with E-state index < -0.39 is 0 Å². The summed E-state index contributed by atoms with van der Waals surface area (Å²) in [5, 5.41) is 8.63. The highest BCUT2D eigenvalue weighted by molar-refractivity contribution is 6.02. The van der Waals surface area contributed by atoms with E-state index in [1.54, 1.807) is 0 Å². The average molecular weight is 453 g/mol. The molecule has 2 N–H and O–H groups in total. The molecule has 5 heteroatoms. The maximum absolute atomic E-state index is 12.5. The van der Waals surface area contributed by atoms with Crippen molar-refractivity contribution in [2.24, 2.45) is 0 Å². The van der Waals surface area contributed by atoms with Gasteiger partial charge in [0.15, 0.2) is 0 Å². The number of pyridine rings is 1. The van der Waals surface area contributed by atoms with E-state index in [-0.39, 0.29) is 5.91 Å². The van der Waals surface area contributed by atoms with Crippen LogP contribution in [0.15, 0.2) is 79.0 Å². The number of fused-ring (bicyclic) bond motifs is 1. The molecular formula is C29H32N4O. The van der Waals surface area contributed by atoms with E-state index in [4.69, 9.17) is 0 Å². The summed E-state index contributed by atoms with van der Waals surface area (Å²) < 4.78 is 0. The van der Waals surface area contributed by atoms with Gasteiger partial charge in [-0.2, -0.15) is 0 Å². The van der Waals surface area contributed by atoms with Gasteiger partial charge in [0.25, 0.3) is 5.91 Å². The van der Waals surface area contributed by atoms with Crippen LogP contribution in [0, 0.1) is 6.92 Å². The molecule has 0 atom stereocenters. The zero-order valence-corrected chi connectivity index (χ0v) is 20.1. The first-order chi connectivity index (χ1) is 16.6. The minimum atomic E-state index is -0.0511. The molecule has 0 aliphatic heterocycles. The van der Waals surface area contributed by atoms with E-state index in [1.165, 1.54) is 16.7 Å². The second-order valence-electron chi connectivity index (χ2n) is 8.41. The molecule has 3 aromatic carbocycles.